The molecule has 1 heterocycles. The molecule has 1 N–H and O–H groups in total. The van der Waals surface area contributed by atoms with Gasteiger partial charge >= 0.3 is 5.97 Å². The fourth-order valence-corrected chi connectivity index (χ4v) is 6.35. The van der Waals surface area contributed by atoms with E-state index in [1.807, 2.05) is 0 Å². The molecule has 2 aliphatic carbocycles. The number of carboxylic acid groups (broad SMARTS) is 1. The van der Waals surface area contributed by atoms with Gasteiger partial charge in [-0.1, -0.05) is 12.8 Å². The Morgan fingerprint density at radius 1 is 1.33 bits per heavy atom. The fourth-order valence-electron chi connectivity index (χ4n) is 3.89. The molecule has 1 saturated heterocycles. The van der Waals surface area contributed by atoms with Crippen LogP contribution in [0.2, 0.25) is 0 Å². The van der Waals surface area contributed by atoms with E-state index in [1.54, 1.807) is 0 Å². The molecular weight excluding hydrogens is 292 g/mol. The van der Waals surface area contributed by atoms with Gasteiger partial charge in [-0.05, 0) is 38.0 Å². The maximum absolute atomic E-state index is 12.7. The van der Waals surface area contributed by atoms with Crippen LogP contribution in [0.5, 0.6) is 0 Å². The van der Waals surface area contributed by atoms with Crippen LogP contribution in [0.1, 0.15) is 44.9 Å². The Morgan fingerprint density at radius 2 is 2.00 bits per heavy atom. The van der Waals surface area contributed by atoms with E-state index < -0.39 is 27.4 Å². The van der Waals surface area contributed by atoms with Crippen molar-refractivity contribution in [3.8, 4) is 6.07 Å². The van der Waals surface area contributed by atoms with E-state index in [4.69, 9.17) is 5.26 Å². The molecule has 3 rings (SSSR count). The predicted octanol–water partition coefficient (Wildman–Crippen LogP) is 1.34. The molecule has 0 spiro atoms. The topological polar surface area (TPSA) is 98.5 Å². The third-order valence-corrected chi connectivity index (χ3v) is 7.27. The summed E-state index contributed by atoms with van der Waals surface area (Å²) >= 11 is 0. The molecule has 0 aromatic rings. The molecule has 21 heavy (non-hydrogen) atoms. The lowest BCUT2D eigenvalue weighted by Gasteiger charge is -2.32. The minimum absolute atomic E-state index is 0.159. The van der Waals surface area contributed by atoms with Crippen molar-refractivity contribution in [3.05, 3.63) is 0 Å². The number of nitriles is 1. The van der Waals surface area contributed by atoms with Gasteiger partial charge in [0, 0.05) is 6.04 Å². The zero-order valence-corrected chi connectivity index (χ0v) is 12.7. The third kappa shape index (κ3) is 2.55. The first-order valence-corrected chi connectivity index (χ1v) is 9.15. The van der Waals surface area contributed by atoms with E-state index >= 15 is 0 Å². The quantitative estimate of drug-likeness (QED) is 0.844. The van der Waals surface area contributed by atoms with E-state index in [1.165, 1.54) is 4.31 Å². The molecule has 116 valence electrons. The third-order valence-electron chi connectivity index (χ3n) is 5.18. The summed E-state index contributed by atoms with van der Waals surface area (Å²) in [7, 11) is -3.70. The summed E-state index contributed by atoms with van der Waals surface area (Å²) in [4.78, 5) is 11.5. The van der Waals surface area contributed by atoms with Crippen LogP contribution in [0, 0.1) is 22.7 Å². The van der Waals surface area contributed by atoms with E-state index in [-0.39, 0.29) is 17.7 Å². The van der Waals surface area contributed by atoms with Crippen LogP contribution in [-0.4, -0.2) is 41.6 Å². The van der Waals surface area contributed by atoms with Crippen LogP contribution in [0.25, 0.3) is 0 Å². The average Bonchev–Trinajstić information content (AvgIpc) is 3.07. The molecule has 2 saturated carbocycles. The van der Waals surface area contributed by atoms with Crippen LogP contribution in [0.3, 0.4) is 0 Å². The normalized spacial score (nSPS) is 34.9. The molecule has 0 aromatic heterocycles. The molecule has 3 fully saturated rings. The molecular formula is C14H20N2O4S. The van der Waals surface area contributed by atoms with Gasteiger partial charge in [-0.2, -0.15) is 9.57 Å². The minimum atomic E-state index is -3.70. The zero-order chi connectivity index (χ0) is 15.3. The Hall–Kier alpha value is -1.13. The van der Waals surface area contributed by atoms with Gasteiger partial charge < -0.3 is 5.11 Å². The Labute approximate surface area is 124 Å². The van der Waals surface area contributed by atoms with Crippen molar-refractivity contribution in [2.75, 3.05) is 5.75 Å². The fraction of sp³-hybridized carbons (Fsp3) is 0.857. The second-order valence-electron chi connectivity index (χ2n) is 6.68. The average molecular weight is 312 g/mol. The molecule has 1 aliphatic heterocycles. The van der Waals surface area contributed by atoms with Gasteiger partial charge in [0.2, 0.25) is 10.0 Å². The number of rotatable bonds is 4. The second-order valence-corrected chi connectivity index (χ2v) is 8.55. The lowest BCUT2D eigenvalue weighted by atomic mass is 9.85. The lowest BCUT2D eigenvalue weighted by molar-refractivity contribution is -0.141. The molecule has 0 radical (unpaired) electrons. The number of aliphatic carboxylic acids is 1. The highest BCUT2D eigenvalue weighted by molar-refractivity contribution is 7.89. The van der Waals surface area contributed by atoms with Gasteiger partial charge in [0.25, 0.3) is 0 Å². The van der Waals surface area contributed by atoms with Crippen LogP contribution in [-0.2, 0) is 14.8 Å². The molecule has 0 bridgehead atoms. The maximum Gasteiger partial charge on any atom is 0.322 e. The maximum atomic E-state index is 12.7. The number of hydrogen-bond donors (Lipinski definition) is 1. The SMILES string of the molecule is N#CC1(CS(=O)(=O)N2C(C(=O)O)CC3CCCCC32)CC1. The standard InChI is InChI=1S/C14H20N2O4S/c15-8-14(5-6-14)9-21(19,20)16-11-4-2-1-3-10(11)7-12(16)13(17)18/h10-12H,1-7,9H2,(H,17,18). The van der Waals surface area contributed by atoms with E-state index in [9.17, 15) is 18.3 Å². The highest BCUT2D eigenvalue weighted by Crippen LogP contribution is 2.48. The van der Waals surface area contributed by atoms with Gasteiger partial charge in [-0.3, -0.25) is 4.79 Å². The van der Waals surface area contributed by atoms with Gasteiger partial charge in [-0.15, -0.1) is 0 Å². The number of hydrogen-bond acceptors (Lipinski definition) is 4. The van der Waals surface area contributed by atoms with Crippen molar-refractivity contribution in [1.29, 1.82) is 5.26 Å². The van der Waals surface area contributed by atoms with Crippen molar-refractivity contribution >= 4 is 16.0 Å². The molecule has 7 heteroatoms. The molecule has 3 unspecified atom stereocenters. The number of sulfonamides is 1. The van der Waals surface area contributed by atoms with Gasteiger partial charge in [0.05, 0.1) is 17.2 Å². The Morgan fingerprint density at radius 3 is 2.57 bits per heavy atom. The van der Waals surface area contributed by atoms with Crippen LogP contribution < -0.4 is 0 Å². The highest BCUT2D eigenvalue weighted by atomic mass is 32.2. The number of carbonyl (C=O) groups is 1. The summed E-state index contributed by atoms with van der Waals surface area (Å²) < 4.78 is 26.7. The Kier molecular flexibility index (Phi) is 3.49. The number of nitrogens with zero attached hydrogens (tertiary/aromatic N) is 2. The van der Waals surface area contributed by atoms with E-state index in [0.29, 0.717) is 19.3 Å². The van der Waals surface area contributed by atoms with Crippen LogP contribution in [0.15, 0.2) is 0 Å². The summed E-state index contributed by atoms with van der Waals surface area (Å²) in [5.41, 5.74) is -0.769. The summed E-state index contributed by atoms with van der Waals surface area (Å²) in [5, 5.41) is 18.5. The zero-order valence-electron chi connectivity index (χ0n) is 11.9. The molecule has 0 amide bonds. The van der Waals surface area contributed by atoms with Crippen molar-refractivity contribution < 1.29 is 18.3 Å². The smallest absolute Gasteiger partial charge is 0.322 e. The molecule has 3 aliphatic rings. The van der Waals surface area contributed by atoms with Crippen LogP contribution >= 0.6 is 0 Å². The number of carboxylic acids is 1. The second kappa shape index (κ2) is 4.96. The lowest BCUT2D eigenvalue weighted by Crippen LogP contribution is -2.48. The largest absolute Gasteiger partial charge is 0.480 e. The van der Waals surface area contributed by atoms with Gasteiger partial charge in [0.15, 0.2) is 0 Å². The van der Waals surface area contributed by atoms with Crippen LogP contribution in [0.4, 0.5) is 0 Å². The Balaban J connectivity index is 1.89. The highest BCUT2D eigenvalue weighted by Gasteiger charge is 2.55. The predicted molar refractivity (Wildman–Crippen MR) is 74.7 cm³/mol. The first-order valence-electron chi connectivity index (χ1n) is 7.54. The summed E-state index contributed by atoms with van der Waals surface area (Å²) in [5.74, 6) is -1.12. The summed E-state index contributed by atoms with van der Waals surface area (Å²) in [6, 6.07) is 0.967. The molecule has 6 nitrogen and oxygen atoms in total. The van der Waals surface area contributed by atoms with Crippen molar-refractivity contribution in [2.24, 2.45) is 11.3 Å². The number of fused-ring (bicyclic) bond motifs is 1. The first kappa shape index (κ1) is 14.8. The molecule has 3 atom stereocenters. The van der Waals surface area contributed by atoms with Crippen molar-refractivity contribution in [2.45, 2.75) is 57.0 Å². The monoisotopic (exact) mass is 312 g/mol. The molecule has 0 aromatic carbocycles. The minimum Gasteiger partial charge on any atom is -0.480 e. The summed E-state index contributed by atoms with van der Waals surface area (Å²) in [6.07, 6.45) is 5.26. The Bertz CT molecular complexity index is 591. The van der Waals surface area contributed by atoms with E-state index in [0.717, 1.165) is 25.7 Å². The van der Waals surface area contributed by atoms with Crippen molar-refractivity contribution in [1.82, 2.24) is 4.31 Å². The van der Waals surface area contributed by atoms with Gasteiger partial charge in [0.1, 0.15) is 6.04 Å². The van der Waals surface area contributed by atoms with E-state index in [2.05, 4.69) is 6.07 Å². The van der Waals surface area contributed by atoms with Crippen molar-refractivity contribution in [3.63, 3.8) is 0 Å². The first-order chi connectivity index (χ1) is 9.88. The summed E-state index contributed by atoms with van der Waals surface area (Å²) in [6.45, 7) is 0. The van der Waals surface area contributed by atoms with Gasteiger partial charge in [-0.25, -0.2) is 8.42 Å².